The first-order chi connectivity index (χ1) is 52.6. The zero-order valence-electron chi connectivity index (χ0n) is 63.1. The molecule has 0 saturated carbocycles. The van der Waals surface area contributed by atoms with Gasteiger partial charge in [0.05, 0.1) is 37.7 Å². The molecule has 14 amide bonds. The minimum absolute atomic E-state index is 0.0912. The number of hydrogen-bond donors (Lipinski definition) is 19. The summed E-state index contributed by atoms with van der Waals surface area (Å²) in [4.78, 5) is 215. The molecule has 610 valence electrons. The number of rotatable bonds is 48. The number of aliphatic imine (C=N–C) groups is 1. The number of nitrogens with zero attached hydrogens (tertiary/aromatic N) is 5. The first kappa shape index (κ1) is 90.9. The molecule has 5 rings (SSSR count). The van der Waals surface area contributed by atoms with E-state index < -0.39 is 211 Å². The number of carbonyl (C=O) groups is 15. The fourth-order valence-electron chi connectivity index (χ4n) is 12.1. The first-order valence-electron chi connectivity index (χ1n) is 36.3. The molecule has 111 heavy (non-hydrogen) atoms. The van der Waals surface area contributed by atoms with Gasteiger partial charge in [-0.3, -0.25) is 76.9 Å². The Labute approximate surface area is 649 Å². The van der Waals surface area contributed by atoms with Crippen molar-refractivity contribution in [3.63, 3.8) is 0 Å². The number of carbonyl (C=O) groups excluding carboxylic acids is 14. The maximum Gasteiger partial charge on any atom is 0.303 e. The van der Waals surface area contributed by atoms with Gasteiger partial charge in [0.2, 0.25) is 82.7 Å². The number of guanidine groups is 1. The molecule has 1 aliphatic carbocycles. The second-order valence-corrected chi connectivity index (χ2v) is 29.2. The van der Waals surface area contributed by atoms with E-state index in [9.17, 15) is 72.5 Å². The highest BCUT2D eigenvalue weighted by Crippen LogP contribution is 2.31. The number of nitrogens with one attached hydrogen (secondary N) is 11. The van der Waals surface area contributed by atoms with Crippen LogP contribution >= 0.6 is 23.5 Å². The van der Waals surface area contributed by atoms with E-state index in [0.29, 0.717) is 52.9 Å². The third kappa shape index (κ3) is 28.0. The summed E-state index contributed by atoms with van der Waals surface area (Å²) in [6.07, 6.45) is 10.4. The van der Waals surface area contributed by atoms with Crippen LogP contribution in [0.2, 0.25) is 0 Å². The third-order valence-electron chi connectivity index (χ3n) is 18.9. The number of para-hydroxylation sites is 1. The number of aromatic nitrogens is 4. The van der Waals surface area contributed by atoms with E-state index in [4.69, 9.17) is 34.4 Å². The number of benzene rings is 1. The van der Waals surface area contributed by atoms with Crippen LogP contribution in [-0.2, 0) is 78.3 Å². The van der Waals surface area contributed by atoms with Gasteiger partial charge < -0.3 is 108 Å². The van der Waals surface area contributed by atoms with Gasteiger partial charge in [0.25, 0.3) is 0 Å². The summed E-state index contributed by atoms with van der Waals surface area (Å²) < 4.78 is 1.45. The molecule has 0 bridgehead atoms. The Hall–Kier alpha value is -10.7. The van der Waals surface area contributed by atoms with Gasteiger partial charge in [0.1, 0.15) is 72.2 Å². The van der Waals surface area contributed by atoms with Crippen LogP contribution in [0.4, 0.5) is 0 Å². The lowest BCUT2D eigenvalue weighted by Crippen LogP contribution is -2.62. The van der Waals surface area contributed by atoms with E-state index in [1.54, 1.807) is 76.9 Å². The van der Waals surface area contributed by atoms with Crippen molar-refractivity contribution < 1.29 is 82.1 Å². The smallest absolute Gasteiger partial charge is 0.303 e. The molecule has 25 N–H and O–H groups in total. The molecule has 41 heteroatoms. The molecule has 1 aliphatic heterocycles. The largest absolute Gasteiger partial charge is 0.481 e. The Bertz CT molecular complexity index is 3900. The summed E-state index contributed by atoms with van der Waals surface area (Å²) in [5.74, 6) is -16.1. The summed E-state index contributed by atoms with van der Waals surface area (Å²) in [5, 5.41) is 54.9. The molecule has 1 saturated heterocycles. The van der Waals surface area contributed by atoms with Crippen molar-refractivity contribution in [3.8, 4) is 0 Å². The van der Waals surface area contributed by atoms with Crippen molar-refractivity contribution in [1.82, 2.24) is 78.0 Å². The minimum Gasteiger partial charge on any atom is -0.481 e. The lowest BCUT2D eigenvalue weighted by molar-refractivity contribution is -0.144. The van der Waals surface area contributed by atoms with Crippen molar-refractivity contribution in [2.75, 3.05) is 43.7 Å². The maximum atomic E-state index is 15.6. The van der Waals surface area contributed by atoms with E-state index in [1.165, 1.54) is 35.1 Å². The standard InChI is InChI=1S/C70H106N22O17S2/c1-8-35(3)56(87-60(100)42(71)18-14-24-77-70(75)76)68(108)85-48(29-53(72)94)64(104)83-49(30-54(73)95)65(105)88-57(36(4)9-2)69(109)91-32-40(92-33-50(89-90-92)38-15-10-11-16-38)28-52(91)67(107)84-47(27-39-31-78-43-19-13-12-17-41(39)43)63(103)86-51(34-93)66(106)82-45(20-21-55(96)97)61(101)79-37(5)59(99)81-46(23-26-111-7)62(102)80-44(58(74)98)22-25-110-6/h10-13,15,17,19,31,33,35-37,40,42,44-49,51-52,56-57,78,93H,8-9,14,16,18,20-30,32,34,71H2,1-7H3,(H2,72,94)(H2,73,95)(H2,74,98)(H,79,101)(H,80,102)(H,81,99)(H,82,106)(H,83,104)(H,84,107)(H,85,108)(H,86,103)(H,87,100)(H,88,105)(H,96,97)(H4,75,76,77). The predicted molar refractivity (Wildman–Crippen MR) is 411 cm³/mol. The van der Waals surface area contributed by atoms with Crippen LogP contribution in [0.5, 0.6) is 0 Å². The Morgan fingerprint density at radius 2 is 1.18 bits per heavy atom. The Kier molecular flexibility index (Phi) is 36.7. The van der Waals surface area contributed by atoms with Crippen molar-refractivity contribution in [3.05, 3.63) is 66.1 Å². The SMILES string of the molecule is CCC(C)C(NC(=O)C(N)CCCN=C(N)N)C(=O)NC(CC(N)=O)C(=O)NC(CC(N)=O)C(=O)NC(C(=O)N1CC(n2cc(C3=CC=CC3)nn2)CC1C(=O)NC(Cc1c[nH]c2ccccc12)C(=O)NC(CO)C(=O)NC(CCC(=O)O)C(=O)NC(C)C(=O)NC(CCSC)C(=O)NC(CCSC)C(N)=O)C(C)CC. The Balaban J connectivity index is 1.46. The second-order valence-electron chi connectivity index (χ2n) is 27.2. The number of amides is 14. The van der Waals surface area contributed by atoms with Gasteiger partial charge in [-0.25, -0.2) is 4.68 Å². The minimum atomic E-state index is -1.93. The van der Waals surface area contributed by atoms with E-state index in [-0.39, 0.29) is 57.6 Å². The highest BCUT2D eigenvalue weighted by atomic mass is 32.2. The van der Waals surface area contributed by atoms with Crippen molar-refractivity contribution >= 4 is 135 Å². The lowest BCUT2D eigenvalue weighted by atomic mass is 9.96. The number of carboxylic acid groups (broad SMARTS) is 1. The summed E-state index contributed by atoms with van der Waals surface area (Å²) in [6, 6.07) is -12.3. The predicted octanol–water partition coefficient (Wildman–Crippen LogP) is -4.57. The normalized spacial score (nSPS) is 17.3. The topological polar surface area (TPSA) is 635 Å². The number of fused-ring (bicyclic) bond motifs is 1. The molecule has 0 spiro atoms. The van der Waals surface area contributed by atoms with Gasteiger partial charge in [0.15, 0.2) is 5.96 Å². The molecule has 3 heterocycles. The molecule has 2 aromatic heterocycles. The molecular formula is C70H106N22O17S2. The number of hydrogen-bond acceptors (Lipinski definition) is 22. The first-order valence-corrected chi connectivity index (χ1v) is 39.1. The molecule has 15 atom stereocenters. The number of aromatic amines is 1. The van der Waals surface area contributed by atoms with Gasteiger partial charge >= 0.3 is 5.97 Å². The highest BCUT2D eigenvalue weighted by Gasteiger charge is 2.46. The number of thioether (sulfide) groups is 2. The number of nitrogens with two attached hydrogens (primary N) is 6. The van der Waals surface area contributed by atoms with Crippen LogP contribution in [0.1, 0.15) is 129 Å². The van der Waals surface area contributed by atoms with Crippen LogP contribution in [0.15, 0.2) is 59.9 Å². The number of aliphatic carboxylic acids is 1. The lowest BCUT2D eigenvalue weighted by Gasteiger charge is -2.33. The van der Waals surface area contributed by atoms with Crippen molar-refractivity contribution in [1.29, 1.82) is 0 Å². The quantitative estimate of drug-likeness (QED) is 0.0144. The molecule has 39 nitrogen and oxygen atoms in total. The molecule has 2 aliphatic rings. The van der Waals surface area contributed by atoms with Gasteiger partial charge in [-0.15, -0.1) is 5.10 Å². The second kappa shape index (κ2) is 44.8. The van der Waals surface area contributed by atoms with Crippen LogP contribution < -0.4 is 87.6 Å². The Morgan fingerprint density at radius 3 is 1.77 bits per heavy atom. The van der Waals surface area contributed by atoms with E-state index in [1.807, 2.05) is 18.2 Å². The highest BCUT2D eigenvalue weighted by molar-refractivity contribution is 7.98. The van der Waals surface area contributed by atoms with E-state index in [0.717, 1.165) is 10.5 Å². The average molecular weight is 1590 g/mol. The third-order valence-corrected chi connectivity index (χ3v) is 20.2. The number of H-pyrrole nitrogens is 1. The van der Waals surface area contributed by atoms with Crippen molar-refractivity contribution in [2.45, 2.75) is 197 Å². The molecule has 0 radical (unpaired) electrons. The van der Waals surface area contributed by atoms with Gasteiger partial charge in [-0.2, -0.15) is 23.5 Å². The van der Waals surface area contributed by atoms with Gasteiger partial charge in [0, 0.05) is 49.5 Å². The zero-order chi connectivity index (χ0) is 82.3. The summed E-state index contributed by atoms with van der Waals surface area (Å²) in [5.41, 5.74) is 36.0. The number of aliphatic hydroxyl groups excluding tert-OH is 1. The molecule has 1 fully saturated rings. The number of primary amides is 3. The van der Waals surface area contributed by atoms with E-state index >= 15 is 9.59 Å². The van der Waals surface area contributed by atoms with E-state index in [2.05, 4.69) is 73.5 Å². The fourth-order valence-corrected chi connectivity index (χ4v) is 13.0. The Morgan fingerprint density at radius 1 is 0.640 bits per heavy atom. The monoisotopic (exact) mass is 1590 g/mol. The van der Waals surface area contributed by atoms with Crippen LogP contribution in [0.3, 0.4) is 0 Å². The number of carboxylic acids is 1. The van der Waals surface area contributed by atoms with Crippen LogP contribution in [0.25, 0.3) is 16.5 Å². The number of allylic oxidation sites excluding steroid dienone is 4. The number of likely N-dealkylation sites (tertiary alicyclic amines) is 1. The average Bonchev–Trinajstić information content (AvgIpc) is 1.64. The van der Waals surface area contributed by atoms with Gasteiger partial charge in [-0.05, 0) is 98.5 Å². The van der Waals surface area contributed by atoms with Crippen LogP contribution in [0, 0.1) is 11.8 Å². The summed E-state index contributed by atoms with van der Waals surface area (Å²) in [6.45, 7) is 6.59. The van der Waals surface area contributed by atoms with Gasteiger partial charge in [-0.1, -0.05) is 82.2 Å². The summed E-state index contributed by atoms with van der Waals surface area (Å²) >= 11 is 2.78. The van der Waals surface area contributed by atoms with Crippen LogP contribution in [-0.4, -0.2) is 246 Å². The zero-order valence-corrected chi connectivity index (χ0v) is 64.8. The molecule has 3 aromatic rings. The van der Waals surface area contributed by atoms with Crippen molar-refractivity contribution in [2.24, 2.45) is 51.2 Å². The summed E-state index contributed by atoms with van der Waals surface area (Å²) in [7, 11) is 0. The molecule has 1 aromatic carbocycles. The maximum absolute atomic E-state index is 15.6. The molecule has 15 unspecified atom stereocenters. The molecular weight excluding hydrogens is 1490 g/mol. The fraction of sp³-hybridized carbons (Fsp3) is 0.571. The number of aliphatic hydroxyl groups is 1.